The second kappa shape index (κ2) is 6.96. The number of anilines is 2. The van der Waals surface area contributed by atoms with Crippen molar-refractivity contribution in [2.75, 3.05) is 23.3 Å². The maximum atomic E-state index is 11.5. The monoisotopic (exact) mass is 327 g/mol. The number of hydrogen-bond donors (Lipinski definition) is 1. The molecule has 0 unspecified atom stereocenters. The van der Waals surface area contributed by atoms with Crippen LogP contribution in [0.1, 0.15) is 32.3 Å². The first-order chi connectivity index (χ1) is 11.2. The largest absolute Gasteiger partial charge is 0.343 e. The molecule has 1 aromatic carbocycles. The SMILES string of the molecule is CCC(=O)Nc1ccc(C2=C(C)CCN(c3nccs3)C2)cc1. The zero-order valence-electron chi connectivity index (χ0n) is 13.5. The number of amides is 1. The highest BCUT2D eigenvalue weighted by Crippen LogP contribution is 2.30. The lowest BCUT2D eigenvalue weighted by molar-refractivity contribution is -0.115. The van der Waals surface area contributed by atoms with Crippen LogP contribution in [0.25, 0.3) is 5.57 Å². The molecule has 1 amide bonds. The maximum absolute atomic E-state index is 11.5. The molecular weight excluding hydrogens is 306 g/mol. The van der Waals surface area contributed by atoms with Crippen LogP contribution in [0.15, 0.2) is 41.4 Å². The minimum Gasteiger partial charge on any atom is -0.343 e. The fourth-order valence-corrected chi connectivity index (χ4v) is 3.41. The lowest BCUT2D eigenvalue weighted by Crippen LogP contribution is -2.30. The molecule has 4 nitrogen and oxygen atoms in total. The van der Waals surface area contributed by atoms with E-state index in [0.29, 0.717) is 6.42 Å². The summed E-state index contributed by atoms with van der Waals surface area (Å²) in [5, 5.41) is 5.99. The van der Waals surface area contributed by atoms with E-state index in [1.54, 1.807) is 11.3 Å². The van der Waals surface area contributed by atoms with Gasteiger partial charge in [0.25, 0.3) is 0 Å². The highest BCUT2D eigenvalue weighted by atomic mass is 32.1. The molecule has 2 heterocycles. The van der Waals surface area contributed by atoms with Crippen LogP contribution >= 0.6 is 11.3 Å². The molecule has 1 aliphatic heterocycles. The van der Waals surface area contributed by atoms with Crippen LogP contribution in [0, 0.1) is 0 Å². The molecule has 0 fully saturated rings. The van der Waals surface area contributed by atoms with Crippen molar-refractivity contribution in [3.8, 4) is 0 Å². The van der Waals surface area contributed by atoms with Crippen LogP contribution in [0.4, 0.5) is 10.8 Å². The number of aromatic nitrogens is 1. The molecule has 23 heavy (non-hydrogen) atoms. The quantitative estimate of drug-likeness (QED) is 0.916. The molecule has 1 N–H and O–H groups in total. The Labute approximate surface area is 140 Å². The van der Waals surface area contributed by atoms with Gasteiger partial charge < -0.3 is 10.2 Å². The molecular formula is C18H21N3OS. The molecule has 2 aromatic rings. The number of benzene rings is 1. The standard InChI is InChI=1S/C18H21N3OS/c1-3-17(22)20-15-6-4-14(5-7-15)16-12-21(10-8-13(16)2)18-19-9-11-23-18/h4-7,9,11H,3,8,10,12H2,1-2H3,(H,20,22). The van der Waals surface area contributed by atoms with Crippen LogP contribution in [-0.4, -0.2) is 24.0 Å². The Morgan fingerprint density at radius 1 is 1.35 bits per heavy atom. The van der Waals surface area contributed by atoms with Gasteiger partial charge in [0.15, 0.2) is 5.13 Å². The van der Waals surface area contributed by atoms with Gasteiger partial charge in [-0.05, 0) is 36.6 Å². The minimum absolute atomic E-state index is 0.0424. The summed E-state index contributed by atoms with van der Waals surface area (Å²) in [5.41, 5.74) is 4.87. The van der Waals surface area contributed by atoms with Crippen molar-refractivity contribution in [2.24, 2.45) is 0 Å². The lowest BCUT2D eigenvalue weighted by atomic mass is 9.95. The summed E-state index contributed by atoms with van der Waals surface area (Å²) in [5.74, 6) is 0.0424. The lowest BCUT2D eigenvalue weighted by Gasteiger charge is -2.30. The molecule has 0 saturated carbocycles. The van der Waals surface area contributed by atoms with Gasteiger partial charge in [-0.2, -0.15) is 0 Å². The zero-order valence-corrected chi connectivity index (χ0v) is 14.3. The average Bonchev–Trinajstić information content (AvgIpc) is 3.10. The van der Waals surface area contributed by atoms with Crippen molar-refractivity contribution in [1.82, 2.24) is 4.98 Å². The summed E-state index contributed by atoms with van der Waals surface area (Å²) in [4.78, 5) is 18.2. The summed E-state index contributed by atoms with van der Waals surface area (Å²) in [6.45, 7) is 5.97. The number of carbonyl (C=O) groups excluding carboxylic acids is 1. The topological polar surface area (TPSA) is 45.2 Å². The second-order valence-electron chi connectivity index (χ2n) is 5.72. The molecule has 120 valence electrons. The normalized spacial score (nSPS) is 15.0. The van der Waals surface area contributed by atoms with E-state index in [9.17, 15) is 4.79 Å². The molecule has 3 rings (SSSR count). The fourth-order valence-electron chi connectivity index (χ4n) is 2.74. The Morgan fingerprint density at radius 2 is 2.13 bits per heavy atom. The van der Waals surface area contributed by atoms with Crippen LogP contribution < -0.4 is 10.2 Å². The van der Waals surface area contributed by atoms with Crippen molar-refractivity contribution >= 4 is 33.6 Å². The van der Waals surface area contributed by atoms with E-state index in [1.165, 1.54) is 16.7 Å². The molecule has 0 bridgehead atoms. The van der Waals surface area contributed by atoms with Gasteiger partial charge in [-0.3, -0.25) is 4.79 Å². The summed E-state index contributed by atoms with van der Waals surface area (Å²) in [6.07, 6.45) is 3.41. The molecule has 0 aliphatic carbocycles. The number of nitrogens with one attached hydrogen (secondary N) is 1. The third kappa shape index (κ3) is 3.62. The van der Waals surface area contributed by atoms with Gasteiger partial charge in [0.05, 0.1) is 0 Å². The van der Waals surface area contributed by atoms with E-state index < -0.39 is 0 Å². The number of rotatable bonds is 4. The van der Waals surface area contributed by atoms with Crippen LogP contribution in [0.3, 0.4) is 0 Å². The first-order valence-electron chi connectivity index (χ1n) is 7.90. The number of thiazole rings is 1. The van der Waals surface area contributed by atoms with Crippen molar-refractivity contribution in [2.45, 2.75) is 26.7 Å². The fraction of sp³-hybridized carbons (Fsp3) is 0.333. The molecule has 0 spiro atoms. The van der Waals surface area contributed by atoms with Crippen molar-refractivity contribution in [1.29, 1.82) is 0 Å². The molecule has 0 radical (unpaired) electrons. The number of carbonyl (C=O) groups is 1. The predicted octanol–water partition coefficient (Wildman–Crippen LogP) is 4.18. The van der Waals surface area contributed by atoms with E-state index in [-0.39, 0.29) is 5.91 Å². The first kappa shape index (κ1) is 15.7. The van der Waals surface area contributed by atoms with Crippen molar-refractivity contribution in [3.05, 3.63) is 47.0 Å². The molecule has 1 aliphatic rings. The Bertz CT molecular complexity index is 704. The van der Waals surface area contributed by atoms with E-state index in [0.717, 1.165) is 30.3 Å². The van der Waals surface area contributed by atoms with Crippen LogP contribution in [0.2, 0.25) is 0 Å². The summed E-state index contributed by atoms with van der Waals surface area (Å²) in [6, 6.07) is 8.14. The molecule has 0 atom stereocenters. The second-order valence-corrected chi connectivity index (χ2v) is 6.60. The van der Waals surface area contributed by atoms with Crippen LogP contribution in [-0.2, 0) is 4.79 Å². The van der Waals surface area contributed by atoms with Gasteiger partial charge in [-0.1, -0.05) is 24.6 Å². The Morgan fingerprint density at radius 3 is 2.78 bits per heavy atom. The Hall–Kier alpha value is -2.14. The van der Waals surface area contributed by atoms with Gasteiger partial charge in [-0.15, -0.1) is 11.3 Å². The minimum atomic E-state index is 0.0424. The highest BCUT2D eigenvalue weighted by molar-refractivity contribution is 7.13. The van der Waals surface area contributed by atoms with Gasteiger partial charge >= 0.3 is 0 Å². The smallest absolute Gasteiger partial charge is 0.224 e. The average molecular weight is 327 g/mol. The van der Waals surface area contributed by atoms with E-state index >= 15 is 0 Å². The van der Waals surface area contributed by atoms with Crippen LogP contribution in [0.5, 0.6) is 0 Å². The third-order valence-corrected chi connectivity index (χ3v) is 4.98. The predicted molar refractivity (Wildman–Crippen MR) is 96.9 cm³/mol. The summed E-state index contributed by atoms with van der Waals surface area (Å²) in [7, 11) is 0. The first-order valence-corrected chi connectivity index (χ1v) is 8.78. The Kier molecular flexibility index (Phi) is 4.76. The van der Waals surface area contributed by atoms with Crippen molar-refractivity contribution in [3.63, 3.8) is 0 Å². The third-order valence-electron chi connectivity index (χ3n) is 4.15. The van der Waals surface area contributed by atoms with Gasteiger partial charge in [0, 0.05) is 36.8 Å². The maximum Gasteiger partial charge on any atom is 0.224 e. The van der Waals surface area contributed by atoms with E-state index in [2.05, 4.69) is 34.3 Å². The van der Waals surface area contributed by atoms with E-state index in [1.807, 2.05) is 30.6 Å². The summed E-state index contributed by atoms with van der Waals surface area (Å²) < 4.78 is 0. The van der Waals surface area contributed by atoms with Crippen molar-refractivity contribution < 1.29 is 4.79 Å². The highest BCUT2D eigenvalue weighted by Gasteiger charge is 2.19. The Balaban J connectivity index is 1.78. The molecule has 1 aromatic heterocycles. The van der Waals surface area contributed by atoms with Gasteiger partial charge in [-0.25, -0.2) is 4.98 Å². The van der Waals surface area contributed by atoms with Gasteiger partial charge in [0.2, 0.25) is 5.91 Å². The number of hydrogen-bond acceptors (Lipinski definition) is 4. The molecule has 0 saturated heterocycles. The summed E-state index contributed by atoms with van der Waals surface area (Å²) >= 11 is 1.68. The van der Waals surface area contributed by atoms with Gasteiger partial charge in [0.1, 0.15) is 0 Å². The van der Waals surface area contributed by atoms with E-state index in [4.69, 9.17) is 0 Å². The molecule has 5 heteroatoms. The zero-order chi connectivity index (χ0) is 16.2. The number of nitrogens with zero attached hydrogens (tertiary/aromatic N) is 2.